The monoisotopic (exact) mass is 154 g/mol. The summed E-state index contributed by atoms with van der Waals surface area (Å²) in [4.78, 5) is 23.8. The van der Waals surface area contributed by atoms with Gasteiger partial charge in [-0.05, 0) is 0 Å². The van der Waals surface area contributed by atoms with Crippen LogP contribution >= 0.6 is 0 Å². The number of nitrogens with zero attached hydrogens (tertiary/aromatic N) is 1. The van der Waals surface area contributed by atoms with E-state index in [2.05, 4.69) is 5.32 Å². The number of imide groups is 1. The van der Waals surface area contributed by atoms with E-state index in [9.17, 15) is 9.59 Å². The smallest absolute Gasteiger partial charge is 0.234 e. The average Bonchev–Trinajstić information content (AvgIpc) is 2.53. The summed E-state index contributed by atoms with van der Waals surface area (Å²) in [7, 11) is 1.56. The zero-order valence-corrected chi connectivity index (χ0v) is 6.33. The predicted molar refractivity (Wildman–Crippen MR) is 37.6 cm³/mol. The number of hydrogen-bond acceptors (Lipinski definition) is 3. The lowest BCUT2D eigenvalue weighted by molar-refractivity contribution is -0.138. The zero-order chi connectivity index (χ0) is 8.01. The topological polar surface area (TPSA) is 49.4 Å². The molecule has 2 unspecified atom stereocenters. The maximum absolute atomic E-state index is 11.3. The third-order valence-electron chi connectivity index (χ3n) is 2.51. The van der Waals surface area contributed by atoms with Crippen LogP contribution in [0, 0.1) is 11.8 Å². The number of carbonyl (C=O) groups is 2. The lowest BCUT2D eigenvalue weighted by Crippen LogP contribution is -2.30. The van der Waals surface area contributed by atoms with Crippen LogP contribution in [0.1, 0.15) is 0 Å². The predicted octanol–water partition coefficient (Wildman–Crippen LogP) is -1.18. The van der Waals surface area contributed by atoms with Gasteiger partial charge in [-0.15, -0.1) is 0 Å². The number of amides is 2. The Morgan fingerprint density at radius 1 is 1.27 bits per heavy atom. The van der Waals surface area contributed by atoms with Crippen LogP contribution in [0.4, 0.5) is 0 Å². The molecule has 0 aromatic heterocycles. The summed E-state index contributed by atoms with van der Waals surface area (Å²) >= 11 is 0. The second-order valence-corrected chi connectivity index (χ2v) is 3.11. The largest absolute Gasteiger partial charge is 0.315 e. The molecule has 60 valence electrons. The lowest BCUT2D eigenvalue weighted by Gasteiger charge is -2.07. The molecule has 4 heteroatoms. The molecule has 2 atom stereocenters. The van der Waals surface area contributed by atoms with Gasteiger partial charge < -0.3 is 5.32 Å². The normalized spacial score (nSPS) is 36.6. The minimum Gasteiger partial charge on any atom is -0.315 e. The zero-order valence-electron chi connectivity index (χ0n) is 6.33. The molecular formula is C7H10N2O2. The van der Waals surface area contributed by atoms with E-state index in [1.807, 2.05) is 0 Å². The van der Waals surface area contributed by atoms with Crippen LogP contribution in [-0.2, 0) is 9.59 Å². The number of carbonyl (C=O) groups excluding carboxylic acids is 2. The molecule has 2 aliphatic heterocycles. The van der Waals surface area contributed by atoms with Gasteiger partial charge in [-0.25, -0.2) is 0 Å². The highest BCUT2D eigenvalue weighted by Gasteiger charge is 2.48. The Labute approximate surface area is 64.5 Å². The molecule has 2 amide bonds. The second kappa shape index (κ2) is 2.04. The maximum Gasteiger partial charge on any atom is 0.234 e. The average molecular weight is 154 g/mol. The molecule has 0 radical (unpaired) electrons. The van der Waals surface area contributed by atoms with Gasteiger partial charge in [0.05, 0.1) is 11.8 Å². The van der Waals surface area contributed by atoms with E-state index in [-0.39, 0.29) is 23.7 Å². The third-order valence-corrected chi connectivity index (χ3v) is 2.51. The number of rotatable bonds is 0. The fraction of sp³-hybridized carbons (Fsp3) is 0.714. The van der Waals surface area contributed by atoms with Gasteiger partial charge in [-0.1, -0.05) is 0 Å². The molecule has 0 bridgehead atoms. The number of hydrogen-bond donors (Lipinski definition) is 1. The first-order valence-electron chi connectivity index (χ1n) is 3.74. The first-order valence-corrected chi connectivity index (χ1v) is 3.74. The third kappa shape index (κ3) is 0.728. The van der Waals surface area contributed by atoms with Crippen LogP contribution < -0.4 is 5.32 Å². The van der Waals surface area contributed by atoms with Gasteiger partial charge in [0.2, 0.25) is 11.8 Å². The van der Waals surface area contributed by atoms with Gasteiger partial charge >= 0.3 is 0 Å². The summed E-state index contributed by atoms with van der Waals surface area (Å²) in [5.41, 5.74) is 0. The van der Waals surface area contributed by atoms with Gasteiger partial charge in [0, 0.05) is 20.1 Å². The molecule has 4 nitrogen and oxygen atoms in total. The molecule has 2 fully saturated rings. The van der Waals surface area contributed by atoms with Crippen molar-refractivity contribution in [2.75, 3.05) is 20.1 Å². The van der Waals surface area contributed by atoms with Gasteiger partial charge in [0.15, 0.2) is 0 Å². The van der Waals surface area contributed by atoms with E-state index >= 15 is 0 Å². The molecule has 0 spiro atoms. The van der Waals surface area contributed by atoms with Gasteiger partial charge in [-0.3, -0.25) is 14.5 Å². The Kier molecular flexibility index (Phi) is 1.26. The number of nitrogens with one attached hydrogen (secondary N) is 1. The summed E-state index contributed by atoms with van der Waals surface area (Å²) in [6, 6.07) is 0. The first-order chi connectivity index (χ1) is 5.22. The van der Waals surface area contributed by atoms with Crippen LogP contribution in [-0.4, -0.2) is 36.9 Å². The molecule has 2 rings (SSSR count). The number of likely N-dealkylation sites (tertiary alicyclic amines) is 1. The first kappa shape index (κ1) is 6.79. The second-order valence-electron chi connectivity index (χ2n) is 3.11. The summed E-state index contributed by atoms with van der Waals surface area (Å²) in [6.07, 6.45) is 0. The van der Waals surface area contributed by atoms with Crippen LogP contribution in [0.2, 0.25) is 0 Å². The minimum absolute atomic E-state index is 0.0231. The Morgan fingerprint density at radius 2 is 1.73 bits per heavy atom. The van der Waals surface area contributed by atoms with Crippen molar-refractivity contribution in [3.05, 3.63) is 0 Å². The van der Waals surface area contributed by atoms with E-state index in [4.69, 9.17) is 0 Å². The summed E-state index contributed by atoms with van der Waals surface area (Å²) < 4.78 is 0. The molecule has 0 aromatic carbocycles. The standard InChI is InChI=1S/C7H10N2O2/c1-9-6(10)4-2-8-3-5(4)7(9)11/h4-5,8H,2-3H2,1H3. The Balaban J connectivity index is 2.30. The van der Waals surface area contributed by atoms with E-state index in [1.54, 1.807) is 7.05 Å². The molecule has 0 saturated carbocycles. The van der Waals surface area contributed by atoms with E-state index in [0.29, 0.717) is 13.1 Å². The molecular weight excluding hydrogens is 144 g/mol. The van der Waals surface area contributed by atoms with Crippen molar-refractivity contribution in [1.82, 2.24) is 10.2 Å². The van der Waals surface area contributed by atoms with Crippen molar-refractivity contribution in [3.8, 4) is 0 Å². The minimum atomic E-state index is -0.0764. The molecule has 1 N–H and O–H groups in total. The molecule has 2 heterocycles. The molecule has 0 aromatic rings. The van der Waals surface area contributed by atoms with E-state index in [1.165, 1.54) is 4.90 Å². The maximum atomic E-state index is 11.3. The summed E-state index contributed by atoms with van der Waals surface area (Å²) in [5.74, 6) is -0.199. The van der Waals surface area contributed by atoms with Crippen molar-refractivity contribution in [3.63, 3.8) is 0 Å². The highest BCUT2D eigenvalue weighted by atomic mass is 16.2. The molecule has 0 aliphatic carbocycles. The summed E-state index contributed by atoms with van der Waals surface area (Å²) in [6.45, 7) is 1.33. The van der Waals surface area contributed by atoms with Crippen molar-refractivity contribution in [1.29, 1.82) is 0 Å². The quantitative estimate of drug-likeness (QED) is 0.447. The van der Waals surface area contributed by atoms with Crippen molar-refractivity contribution >= 4 is 11.8 Å². The van der Waals surface area contributed by atoms with Crippen LogP contribution in [0.25, 0.3) is 0 Å². The van der Waals surface area contributed by atoms with E-state index in [0.717, 1.165) is 0 Å². The molecule has 2 saturated heterocycles. The fourth-order valence-electron chi connectivity index (χ4n) is 1.80. The highest BCUT2D eigenvalue weighted by Crippen LogP contribution is 2.27. The lowest BCUT2D eigenvalue weighted by atomic mass is 10.00. The SMILES string of the molecule is CN1C(=O)C2CNCC2C1=O. The molecule has 11 heavy (non-hydrogen) atoms. The summed E-state index contributed by atoms with van der Waals surface area (Å²) in [5, 5.41) is 3.04. The van der Waals surface area contributed by atoms with Crippen molar-refractivity contribution in [2.24, 2.45) is 11.8 Å². The van der Waals surface area contributed by atoms with Crippen molar-refractivity contribution in [2.45, 2.75) is 0 Å². The van der Waals surface area contributed by atoms with Crippen LogP contribution in [0.15, 0.2) is 0 Å². The Bertz CT molecular complexity index is 204. The van der Waals surface area contributed by atoms with Gasteiger partial charge in [0.1, 0.15) is 0 Å². The van der Waals surface area contributed by atoms with Crippen molar-refractivity contribution < 1.29 is 9.59 Å². The number of fused-ring (bicyclic) bond motifs is 1. The Hall–Kier alpha value is -0.900. The Morgan fingerprint density at radius 3 is 2.18 bits per heavy atom. The van der Waals surface area contributed by atoms with E-state index < -0.39 is 0 Å². The fourth-order valence-corrected chi connectivity index (χ4v) is 1.80. The van der Waals surface area contributed by atoms with Gasteiger partial charge in [0.25, 0.3) is 0 Å². The van der Waals surface area contributed by atoms with Crippen LogP contribution in [0.5, 0.6) is 0 Å². The molecule has 2 aliphatic rings. The highest BCUT2D eigenvalue weighted by molar-refractivity contribution is 6.05. The van der Waals surface area contributed by atoms with Gasteiger partial charge in [-0.2, -0.15) is 0 Å². The van der Waals surface area contributed by atoms with Crippen LogP contribution in [0.3, 0.4) is 0 Å².